The van der Waals surface area contributed by atoms with Crippen molar-refractivity contribution >= 4 is 11.9 Å². The number of hydrogen-bond acceptors (Lipinski definition) is 4. The molecule has 4 aliphatic carbocycles. The van der Waals surface area contributed by atoms with Gasteiger partial charge in [-0.15, -0.1) is 0 Å². The first-order valence-corrected chi connectivity index (χ1v) is 12.6. The third-order valence-corrected chi connectivity index (χ3v) is 10.2. The van der Waals surface area contributed by atoms with E-state index in [0.717, 1.165) is 31.1 Å². The summed E-state index contributed by atoms with van der Waals surface area (Å²) in [4.78, 5) is 23.1. The lowest BCUT2D eigenvalue weighted by atomic mass is 9.46. The molecule has 31 heavy (non-hydrogen) atoms. The second kappa shape index (κ2) is 8.56. The zero-order valence-corrected chi connectivity index (χ0v) is 20.2. The number of fused-ring (bicyclic) bond motifs is 5. The number of carbonyl (C=O) groups excluding carboxylic acids is 2. The Balaban J connectivity index is 1.50. The Kier molecular flexibility index (Phi) is 6.31. The van der Waals surface area contributed by atoms with Gasteiger partial charge in [0.05, 0.1) is 7.11 Å². The van der Waals surface area contributed by atoms with Gasteiger partial charge >= 0.3 is 11.9 Å². The summed E-state index contributed by atoms with van der Waals surface area (Å²) < 4.78 is 10.5. The van der Waals surface area contributed by atoms with E-state index in [1.54, 1.807) is 0 Å². The van der Waals surface area contributed by atoms with Crippen molar-refractivity contribution in [1.29, 1.82) is 0 Å². The fourth-order valence-corrected chi connectivity index (χ4v) is 8.52. The second-order valence-electron chi connectivity index (χ2n) is 11.6. The number of rotatable bonds is 5. The maximum Gasteiger partial charge on any atom is 0.305 e. The quantitative estimate of drug-likeness (QED) is 0.400. The predicted octanol–water partition coefficient (Wildman–Crippen LogP) is 5.94. The highest BCUT2D eigenvalue weighted by Gasteiger charge is 2.59. The lowest BCUT2D eigenvalue weighted by Crippen LogP contribution is -2.52. The molecule has 4 nitrogen and oxygen atoms in total. The number of hydrogen-bond donors (Lipinski definition) is 0. The van der Waals surface area contributed by atoms with Crippen LogP contribution in [-0.4, -0.2) is 25.2 Å². The highest BCUT2D eigenvalue weighted by molar-refractivity contribution is 5.69. The summed E-state index contributed by atoms with van der Waals surface area (Å²) in [6.07, 6.45) is 15.2. The van der Waals surface area contributed by atoms with E-state index in [2.05, 4.69) is 32.9 Å². The summed E-state index contributed by atoms with van der Waals surface area (Å²) in [5, 5.41) is 0. The van der Waals surface area contributed by atoms with Crippen molar-refractivity contribution in [3.63, 3.8) is 0 Å². The average Bonchev–Trinajstić information content (AvgIpc) is 3.09. The van der Waals surface area contributed by atoms with Gasteiger partial charge in [0, 0.05) is 13.3 Å². The molecule has 0 amide bonds. The molecule has 4 rings (SSSR count). The molecule has 0 bridgehead atoms. The SMILES string of the molecule is COC(=O)CC[C@@H](C)[C@H]1CC[C@H]2[C@@H]3CC[C@@H]4C[C@H](OC(C)=O)CC[C@]4(C)[C@H]3C=C[C@]12C. The molecule has 0 radical (unpaired) electrons. The van der Waals surface area contributed by atoms with Crippen molar-refractivity contribution in [2.24, 2.45) is 46.3 Å². The number of carbonyl (C=O) groups is 2. The van der Waals surface area contributed by atoms with Gasteiger partial charge in [-0.2, -0.15) is 0 Å². The molecule has 3 fully saturated rings. The number of methoxy groups -OCH3 is 1. The van der Waals surface area contributed by atoms with Gasteiger partial charge in [-0.25, -0.2) is 0 Å². The second-order valence-corrected chi connectivity index (χ2v) is 11.6. The van der Waals surface area contributed by atoms with Crippen LogP contribution in [0.5, 0.6) is 0 Å². The first-order chi connectivity index (χ1) is 14.7. The van der Waals surface area contributed by atoms with E-state index in [1.165, 1.54) is 46.1 Å². The summed E-state index contributed by atoms with van der Waals surface area (Å²) in [6.45, 7) is 8.91. The van der Waals surface area contributed by atoms with Crippen LogP contribution in [0.2, 0.25) is 0 Å². The van der Waals surface area contributed by atoms with E-state index in [-0.39, 0.29) is 23.5 Å². The lowest BCUT2D eigenvalue weighted by molar-refractivity contribution is -0.154. The number of ether oxygens (including phenoxy) is 2. The molecule has 4 aliphatic rings. The van der Waals surface area contributed by atoms with E-state index >= 15 is 0 Å². The molecule has 0 N–H and O–H groups in total. The highest BCUT2D eigenvalue weighted by Crippen LogP contribution is 2.66. The first-order valence-electron chi connectivity index (χ1n) is 12.6. The Morgan fingerprint density at radius 3 is 2.61 bits per heavy atom. The summed E-state index contributed by atoms with van der Waals surface area (Å²) in [5.74, 6) is 3.85. The zero-order chi connectivity index (χ0) is 22.4. The van der Waals surface area contributed by atoms with Gasteiger partial charge in [-0.05, 0) is 97.7 Å². The molecule has 0 aromatic carbocycles. The van der Waals surface area contributed by atoms with Crippen LogP contribution < -0.4 is 0 Å². The van der Waals surface area contributed by atoms with E-state index in [9.17, 15) is 9.59 Å². The van der Waals surface area contributed by atoms with Crippen molar-refractivity contribution in [3.8, 4) is 0 Å². The molecule has 0 aromatic rings. The zero-order valence-electron chi connectivity index (χ0n) is 20.2. The predicted molar refractivity (Wildman–Crippen MR) is 121 cm³/mol. The van der Waals surface area contributed by atoms with E-state index < -0.39 is 0 Å². The number of allylic oxidation sites excluding steroid dienone is 2. The van der Waals surface area contributed by atoms with Crippen molar-refractivity contribution in [2.45, 2.75) is 91.6 Å². The van der Waals surface area contributed by atoms with Crippen LogP contribution in [0.25, 0.3) is 0 Å². The van der Waals surface area contributed by atoms with Crippen molar-refractivity contribution < 1.29 is 19.1 Å². The van der Waals surface area contributed by atoms with Crippen LogP contribution in [0, 0.1) is 46.3 Å². The van der Waals surface area contributed by atoms with Crippen molar-refractivity contribution in [3.05, 3.63) is 12.2 Å². The topological polar surface area (TPSA) is 52.6 Å². The minimum Gasteiger partial charge on any atom is -0.469 e. The Hall–Kier alpha value is -1.32. The van der Waals surface area contributed by atoms with Crippen LogP contribution in [0.4, 0.5) is 0 Å². The van der Waals surface area contributed by atoms with Gasteiger partial charge in [0.1, 0.15) is 6.10 Å². The highest BCUT2D eigenvalue weighted by atomic mass is 16.5. The van der Waals surface area contributed by atoms with Gasteiger partial charge < -0.3 is 9.47 Å². The molecule has 0 unspecified atom stereocenters. The fraction of sp³-hybridized carbons (Fsp3) is 0.852. The van der Waals surface area contributed by atoms with E-state index in [0.29, 0.717) is 35.5 Å². The third-order valence-electron chi connectivity index (χ3n) is 10.2. The Labute approximate surface area is 188 Å². The maximum atomic E-state index is 11.7. The first kappa shape index (κ1) is 22.9. The lowest BCUT2D eigenvalue weighted by Gasteiger charge is -2.59. The molecule has 4 heteroatoms. The van der Waals surface area contributed by atoms with Crippen LogP contribution in [-0.2, 0) is 19.1 Å². The molecule has 0 saturated heterocycles. The number of esters is 2. The summed E-state index contributed by atoms with van der Waals surface area (Å²) in [6, 6.07) is 0. The Morgan fingerprint density at radius 1 is 1.13 bits per heavy atom. The summed E-state index contributed by atoms with van der Waals surface area (Å²) >= 11 is 0. The molecule has 0 spiro atoms. The molecular weight excluding hydrogens is 388 g/mol. The molecule has 0 aromatic heterocycles. The molecule has 0 aliphatic heterocycles. The minimum absolute atomic E-state index is 0.0820. The Morgan fingerprint density at radius 2 is 1.90 bits per heavy atom. The normalized spacial score (nSPS) is 44.5. The largest absolute Gasteiger partial charge is 0.469 e. The van der Waals surface area contributed by atoms with E-state index in [4.69, 9.17) is 9.47 Å². The molecule has 3 saturated carbocycles. The molecule has 0 heterocycles. The monoisotopic (exact) mass is 430 g/mol. The average molecular weight is 431 g/mol. The van der Waals surface area contributed by atoms with Crippen LogP contribution in [0.3, 0.4) is 0 Å². The van der Waals surface area contributed by atoms with Gasteiger partial charge in [-0.1, -0.05) is 32.9 Å². The molecule has 9 atom stereocenters. The van der Waals surface area contributed by atoms with Crippen LogP contribution >= 0.6 is 0 Å². The maximum absolute atomic E-state index is 11.7. The standard InChI is InChI=1S/C27H42O4/c1-17(6-11-25(29)30-5)22-9-10-23-21-8-7-19-16-20(31-18(2)28)12-14-26(19,3)24(21)13-15-27(22,23)4/h13,15,17,19-24H,6-12,14,16H2,1-5H3/t17-,19-,20-,21+,22-,23+,24+,26+,27-/m1/s1. The Bertz CT molecular complexity index is 729. The van der Waals surface area contributed by atoms with Crippen molar-refractivity contribution in [2.75, 3.05) is 7.11 Å². The van der Waals surface area contributed by atoms with Gasteiger partial charge in [0.25, 0.3) is 0 Å². The van der Waals surface area contributed by atoms with E-state index in [1.807, 2.05) is 0 Å². The van der Waals surface area contributed by atoms with Gasteiger partial charge in [0.15, 0.2) is 0 Å². The van der Waals surface area contributed by atoms with Crippen LogP contribution in [0.15, 0.2) is 12.2 Å². The minimum atomic E-state index is -0.131. The third kappa shape index (κ3) is 3.97. The van der Waals surface area contributed by atoms with Crippen LogP contribution in [0.1, 0.15) is 85.5 Å². The molecule has 174 valence electrons. The molecular formula is C27H42O4. The van der Waals surface area contributed by atoms with Gasteiger partial charge in [-0.3, -0.25) is 9.59 Å². The van der Waals surface area contributed by atoms with Gasteiger partial charge in [0.2, 0.25) is 0 Å². The van der Waals surface area contributed by atoms with Crippen molar-refractivity contribution in [1.82, 2.24) is 0 Å². The summed E-state index contributed by atoms with van der Waals surface area (Å²) in [7, 11) is 1.49. The fourth-order valence-electron chi connectivity index (χ4n) is 8.52. The smallest absolute Gasteiger partial charge is 0.305 e. The summed E-state index contributed by atoms with van der Waals surface area (Å²) in [5.41, 5.74) is 0.598.